The Morgan fingerprint density at radius 3 is 2.78 bits per heavy atom. The second kappa shape index (κ2) is 8.61. The van der Waals surface area contributed by atoms with Gasteiger partial charge in [-0.3, -0.25) is 0 Å². The lowest BCUT2D eigenvalue weighted by molar-refractivity contribution is 0.177. The maximum atomic E-state index is 14.2. The number of anilines is 2. The molecule has 1 aromatic carbocycles. The fourth-order valence-electron chi connectivity index (χ4n) is 3.10. The number of nitrogens with zero attached hydrogens (tertiary/aromatic N) is 5. The van der Waals surface area contributed by atoms with Gasteiger partial charge in [0.1, 0.15) is 31.0 Å². The molecule has 1 aliphatic rings. The van der Waals surface area contributed by atoms with Crippen molar-refractivity contribution in [3.05, 3.63) is 59.0 Å². The van der Waals surface area contributed by atoms with Gasteiger partial charge in [0.2, 0.25) is 5.95 Å². The van der Waals surface area contributed by atoms with Crippen molar-refractivity contribution in [1.29, 1.82) is 0 Å². The van der Waals surface area contributed by atoms with Gasteiger partial charge in [-0.1, -0.05) is 11.6 Å². The van der Waals surface area contributed by atoms with E-state index in [0.717, 1.165) is 23.2 Å². The van der Waals surface area contributed by atoms with Crippen LogP contribution in [0.4, 0.5) is 34.1 Å². The van der Waals surface area contributed by atoms with Gasteiger partial charge in [0, 0.05) is 12.3 Å². The Hall–Kier alpha value is -3.41. The van der Waals surface area contributed by atoms with Crippen molar-refractivity contribution in [3.63, 3.8) is 0 Å². The predicted octanol–water partition coefficient (Wildman–Crippen LogP) is 4.20. The van der Waals surface area contributed by atoms with Crippen molar-refractivity contribution in [2.45, 2.75) is 19.0 Å². The molecule has 2 aromatic heterocycles. The minimum atomic E-state index is -0.998. The molecule has 13 heteroatoms. The summed E-state index contributed by atoms with van der Waals surface area (Å²) in [5.41, 5.74) is 0.305. The van der Waals surface area contributed by atoms with Gasteiger partial charge < -0.3 is 14.6 Å². The minimum Gasteiger partial charge on any atom is -0.447 e. The zero-order chi connectivity index (χ0) is 23.0. The third-order valence-corrected chi connectivity index (χ3v) is 5.04. The summed E-state index contributed by atoms with van der Waals surface area (Å²) in [5.74, 6) is -2.95. The van der Waals surface area contributed by atoms with Gasteiger partial charge >= 0.3 is 6.09 Å². The standard InChI is InChI=1S/C19H15ClF4N6O2/c1-9(15-6-29(8-26-15)16-3-12(22)11(20)2-13(16)23)27-18-25-5-14(24)17(28-18)30-10(4-21)7-32-19(30)31/h2-3,5-6,8-10H,4,7H2,1H3,(H,25,27,28)/t9-,10-/m0/s1. The second-order valence-corrected chi connectivity index (χ2v) is 7.32. The van der Waals surface area contributed by atoms with E-state index in [4.69, 9.17) is 16.3 Å². The average molecular weight is 471 g/mol. The van der Waals surface area contributed by atoms with E-state index in [2.05, 4.69) is 20.3 Å². The Labute approximate surface area is 183 Å². The fourth-order valence-corrected chi connectivity index (χ4v) is 3.25. The maximum Gasteiger partial charge on any atom is 0.416 e. The quantitative estimate of drug-likeness (QED) is 0.429. The lowest BCUT2D eigenvalue weighted by Crippen LogP contribution is -2.36. The molecule has 0 unspecified atom stereocenters. The van der Waals surface area contributed by atoms with Crippen LogP contribution >= 0.6 is 11.6 Å². The van der Waals surface area contributed by atoms with E-state index < -0.39 is 48.1 Å². The van der Waals surface area contributed by atoms with Crippen molar-refractivity contribution in [2.75, 3.05) is 23.5 Å². The van der Waals surface area contributed by atoms with Gasteiger partial charge in [-0.15, -0.1) is 0 Å². The molecule has 2 atom stereocenters. The van der Waals surface area contributed by atoms with Crippen LogP contribution < -0.4 is 10.2 Å². The molecule has 32 heavy (non-hydrogen) atoms. The number of halogens is 5. The molecule has 1 fully saturated rings. The molecule has 168 valence electrons. The summed E-state index contributed by atoms with van der Waals surface area (Å²) < 4.78 is 61.3. The number of ether oxygens (including phenoxy) is 1. The second-order valence-electron chi connectivity index (χ2n) is 6.91. The molecule has 1 N–H and O–H groups in total. The Morgan fingerprint density at radius 1 is 1.25 bits per heavy atom. The summed E-state index contributed by atoms with van der Waals surface area (Å²) in [4.78, 5) is 24.6. The van der Waals surface area contributed by atoms with Crippen LogP contribution in [0.15, 0.2) is 30.9 Å². The predicted molar refractivity (Wildman–Crippen MR) is 106 cm³/mol. The highest BCUT2D eigenvalue weighted by Gasteiger charge is 2.37. The van der Waals surface area contributed by atoms with Crippen LogP contribution in [-0.2, 0) is 4.74 Å². The van der Waals surface area contributed by atoms with Gasteiger partial charge in [0.05, 0.1) is 35.0 Å². The van der Waals surface area contributed by atoms with E-state index in [9.17, 15) is 22.4 Å². The normalized spacial score (nSPS) is 16.9. The zero-order valence-corrected chi connectivity index (χ0v) is 17.2. The van der Waals surface area contributed by atoms with Crippen molar-refractivity contribution in [3.8, 4) is 5.69 Å². The summed E-state index contributed by atoms with van der Waals surface area (Å²) in [6.45, 7) is 0.511. The molecule has 8 nitrogen and oxygen atoms in total. The number of aromatic nitrogens is 4. The Kier molecular flexibility index (Phi) is 5.87. The first kappa shape index (κ1) is 21.8. The Morgan fingerprint density at radius 2 is 2.03 bits per heavy atom. The lowest BCUT2D eigenvalue weighted by Gasteiger charge is -2.19. The molecule has 4 rings (SSSR count). The lowest BCUT2D eigenvalue weighted by atomic mass is 10.2. The SMILES string of the molecule is C[C@H](Nc1ncc(F)c(N2C(=O)OC[C@@H]2CF)n1)c1cn(-c2cc(F)c(Cl)cc2F)cn1. The third kappa shape index (κ3) is 4.05. The zero-order valence-electron chi connectivity index (χ0n) is 16.4. The van der Waals surface area contributed by atoms with Gasteiger partial charge in [-0.2, -0.15) is 4.98 Å². The van der Waals surface area contributed by atoms with Crippen molar-refractivity contribution >= 4 is 29.5 Å². The van der Waals surface area contributed by atoms with Gasteiger partial charge in [-0.25, -0.2) is 37.2 Å². The number of hydrogen-bond acceptors (Lipinski definition) is 6. The molecule has 3 aromatic rings. The number of amides is 1. The molecular formula is C19H15ClF4N6O2. The highest BCUT2D eigenvalue weighted by molar-refractivity contribution is 6.30. The number of imidazole rings is 1. The Bertz CT molecular complexity index is 1180. The third-order valence-electron chi connectivity index (χ3n) is 4.75. The van der Waals surface area contributed by atoms with Crippen LogP contribution in [-0.4, -0.2) is 44.9 Å². The van der Waals surface area contributed by atoms with E-state index >= 15 is 0 Å². The van der Waals surface area contributed by atoms with Crippen LogP contribution in [0.2, 0.25) is 5.02 Å². The molecule has 0 saturated carbocycles. The van der Waals surface area contributed by atoms with E-state index in [0.29, 0.717) is 5.69 Å². The molecule has 3 heterocycles. The van der Waals surface area contributed by atoms with Crippen LogP contribution in [0.1, 0.15) is 18.7 Å². The van der Waals surface area contributed by atoms with E-state index in [-0.39, 0.29) is 23.3 Å². The van der Waals surface area contributed by atoms with Crippen molar-refractivity contribution < 1.29 is 27.1 Å². The first-order valence-electron chi connectivity index (χ1n) is 9.28. The van der Waals surface area contributed by atoms with Crippen LogP contribution in [0.25, 0.3) is 5.69 Å². The largest absolute Gasteiger partial charge is 0.447 e. The van der Waals surface area contributed by atoms with E-state index in [1.165, 1.54) is 17.1 Å². The van der Waals surface area contributed by atoms with Gasteiger partial charge in [0.15, 0.2) is 11.6 Å². The average Bonchev–Trinajstić information content (AvgIpc) is 3.39. The number of alkyl halides is 1. The minimum absolute atomic E-state index is 0.0653. The van der Waals surface area contributed by atoms with E-state index in [1.54, 1.807) is 6.92 Å². The topological polar surface area (TPSA) is 85.2 Å². The maximum absolute atomic E-state index is 14.2. The molecule has 0 radical (unpaired) electrons. The van der Waals surface area contributed by atoms with Gasteiger partial charge in [0.25, 0.3) is 0 Å². The van der Waals surface area contributed by atoms with Crippen molar-refractivity contribution in [1.82, 2.24) is 19.5 Å². The number of benzene rings is 1. The summed E-state index contributed by atoms with van der Waals surface area (Å²) in [6, 6.07) is 0.238. The molecular weight excluding hydrogens is 456 g/mol. The number of hydrogen-bond donors (Lipinski definition) is 1. The van der Waals surface area contributed by atoms with Crippen LogP contribution in [0, 0.1) is 17.5 Å². The molecule has 0 spiro atoms. The first-order valence-corrected chi connectivity index (χ1v) is 9.66. The number of cyclic esters (lactones) is 1. The molecule has 0 aliphatic carbocycles. The number of nitrogens with one attached hydrogen (secondary N) is 1. The molecule has 0 bridgehead atoms. The molecule has 1 saturated heterocycles. The number of carbonyl (C=O) groups excluding carboxylic acids is 1. The van der Waals surface area contributed by atoms with Gasteiger partial charge in [-0.05, 0) is 13.0 Å². The summed E-state index contributed by atoms with van der Waals surface area (Å²) in [5, 5.41) is 2.53. The summed E-state index contributed by atoms with van der Waals surface area (Å²) >= 11 is 5.57. The highest BCUT2D eigenvalue weighted by Crippen LogP contribution is 2.27. The fraction of sp³-hybridized carbons (Fsp3) is 0.263. The summed E-state index contributed by atoms with van der Waals surface area (Å²) in [7, 11) is 0. The smallest absolute Gasteiger partial charge is 0.416 e. The highest BCUT2D eigenvalue weighted by atomic mass is 35.5. The van der Waals surface area contributed by atoms with E-state index in [1.807, 2.05) is 0 Å². The monoisotopic (exact) mass is 470 g/mol. The molecule has 1 amide bonds. The summed E-state index contributed by atoms with van der Waals surface area (Å²) in [6.07, 6.45) is 2.65. The van der Waals surface area contributed by atoms with Crippen LogP contribution in [0.5, 0.6) is 0 Å². The first-order chi connectivity index (χ1) is 15.3. The molecule has 1 aliphatic heterocycles. The number of rotatable bonds is 6. The number of carbonyl (C=O) groups is 1. The Balaban J connectivity index is 1.56. The van der Waals surface area contributed by atoms with Crippen LogP contribution in [0.3, 0.4) is 0 Å². The van der Waals surface area contributed by atoms with Crippen molar-refractivity contribution in [2.24, 2.45) is 0 Å².